The van der Waals surface area contributed by atoms with E-state index >= 15 is 0 Å². The predicted octanol–water partition coefficient (Wildman–Crippen LogP) is 13.6. The van der Waals surface area contributed by atoms with Crippen molar-refractivity contribution in [2.45, 2.75) is 164 Å². The summed E-state index contributed by atoms with van der Waals surface area (Å²) in [5, 5.41) is 0. The van der Waals surface area contributed by atoms with Gasteiger partial charge >= 0.3 is 5.97 Å². The Hall–Kier alpha value is -2.09. The van der Waals surface area contributed by atoms with E-state index in [-0.39, 0.29) is 5.97 Å². The Balaban J connectivity index is 3.82. The average molecular weight is 609 g/mol. The zero-order chi connectivity index (χ0) is 32.5. The molecule has 2 nitrogen and oxygen atoms in total. The quantitative estimate of drug-likeness (QED) is 0.0277. The number of carbonyl (C=O) groups is 1. The van der Waals surface area contributed by atoms with Crippen LogP contribution in [-0.2, 0) is 9.53 Å². The van der Waals surface area contributed by atoms with Crippen LogP contribution in [0.25, 0.3) is 0 Å². The lowest BCUT2D eigenvalue weighted by atomic mass is 9.91. The zero-order valence-electron chi connectivity index (χ0n) is 30.0. The molecule has 0 saturated heterocycles. The van der Waals surface area contributed by atoms with E-state index in [1.807, 2.05) is 36.5 Å². The first kappa shape index (κ1) is 41.9. The largest absolute Gasteiger partial charge is 0.458 e. The van der Waals surface area contributed by atoms with Crippen molar-refractivity contribution in [2.24, 2.45) is 17.8 Å². The van der Waals surface area contributed by atoms with Crippen molar-refractivity contribution in [3.05, 3.63) is 72.4 Å². The lowest BCUT2D eigenvalue weighted by Gasteiger charge is -2.15. The van der Waals surface area contributed by atoms with Gasteiger partial charge in [0.05, 0.1) is 0 Å². The minimum absolute atomic E-state index is 0.299. The second-order valence-electron chi connectivity index (χ2n) is 13.6. The monoisotopic (exact) mass is 609 g/mol. The van der Waals surface area contributed by atoms with E-state index in [2.05, 4.69) is 59.8 Å². The molecule has 0 radical (unpaired) electrons. The van der Waals surface area contributed by atoms with Gasteiger partial charge in [-0.3, -0.25) is 0 Å². The van der Waals surface area contributed by atoms with Gasteiger partial charge in [0, 0.05) is 6.08 Å². The maximum atomic E-state index is 11.9. The van der Waals surface area contributed by atoms with Gasteiger partial charge < -0.3 is 4.74 Å². The van der Waals surface area contributed by atoms with Crippen LogP contribution >= 0.6 is 0 Å². The fourth-order valence-corrected chi connectivity index (χ4v) is 5.39. The summed E-state index contributed by atoms with van der Waals surface area (Å²) in [4.78, 5) is 11.9. The van der Waals surface area contributed by atoms with Gasteiger partial charge in [-0.1, -0.05) is 191 Å². The fraction of sp³-hybridized carbons (Fsp3) is 0.690. The van der Waals surface area contributed by atoms with E-state index in [1.165, 1.54) is 121 Å². The smallest absolute Gasteiger partial charge is 0.331 e. The van der Waals surface area contributed by atoms with E-state index in [4.69, 9.17) is 4.74 Å². The summed E-state index contributed by atoms with van der Waals surface area (Å²) in [6, 6.07) is 0. The highest BCUT2D eigenvalue weighted by atomic mass is 16.5. The number of allylic oxidation sites excluding steroid dienone is 10. The molecule has 0 fully saturated rings. The molecular formula is C42H72O2. The van der Waals surface area contributed by atoms with E-state index in [1.54, 1.807) is 6.08 Å². The molecule has 0 aromatic heterocycles. The highest BCUT2D eigenvalue weighted by Crippen LogP contribution is 2.22. The molecule has 252 valence electrons. The van der Waals surface area contributed by atoms with Crippen LogP contribution in [0.15, 0.2) is 72.4 Å². The molecule has 0 saturated carbocycles. The molecule has 2 atom stereocenters. The van der Waals surface area contributed by atoms with Crippen LogP contribution in [0.1, 0.15) is 164 Å². The highest BCUT2D eigenvalue weighted by molar-refractivity contribution is 5.82. The van der Waals surface area contributed by atoms with Gasteiger partial charge in [-0.25, -0.2) is 4.79 Å². The number of hydrogen-bond donors (Lipinski definition) is 0. The van der Waals surface area contributed by atoms with Gasteiger partial charge in [-0.2, -0.15) is 0 Å². The van der Waals surface area contributed by atoms with Crippen LogP contribution in [0.5, 0.6) is 0 Å². The standard InChI is InChI=1S/C42H72O2/c1-7-8-9-10-11-12-13-14-15-16-17-18-19-20-21-22-23-24-25-35-42(43)44-37-36-41(6)34-28-33-40(5)32-27-31-39(4)30-26-29-38(2)3/h17-25,35-36,38-40H,7-16,26-34,37H2,1-6H3/b18-17?,20-19?,22-21?,24-23?,35-25?,41-36+/t39-,40-/m1/s1. The van der Waals surface area contributed by atoms with E-state index in [9.17, 15) is 4.79 Å². The lowest BCUT2D eigenvalue weighted by molar-refractivity contribution is -0.136. The van der Waals surface area contributed by atoms with Crippen LogP contribution in [0, 0.1) is 17.8 Å². The van der Waals surface area contributed by atoms with E-state index in [0.29, 0.717) is 6.61 Å². The topological polar surface area (TPSA) is 26.3 Å². The van der Waals surface area contributed by atoms with Gasteiger partial charge in [-0.15, -0.1) is 0 Å². The Morgan fingerprint density at radius 1 is 0.591 bits per heavy atom. The lowest BCUT2D eigenvalue weighted by Crippen LogP contribution is -2.01. The number of unbranched alkanes of at least 4 members (excludes halogenated alkanes) is 9. The zero-order valence-corrected chi connectivity index (χ0v) is 30.0. The summed E-state index contributed by atoms with van der Waals surface area (Å²) in [7, 11) is 0. The molecule has 0 amide bonds. The first-order valence-corrected chi connectivity index (χ1v) is 18.5. The molecule has 0 spiro atoms. The minimum atomic E-state index is -0.299. The van der Waals surface area contributed by atoms with Crippen LogP contribution in [0.3, 0.4) is 0 Å². The van der Waals surface area contributed by atoms with Crippen molar-refractivity contribution in [3.63, 3.8) is 0 Å². The van der Waals surface area contributed by atoms with Crippen LogP contribution < -0.4 is 0 Å². The third-order valence-corrected chi connectivity index (χ3v) is 8.42. The second-order valence-corrected chi connectivity index (χ2v) is 13.6. The van der Waals surface area contributed by atoms with Crippen molar-refractivity contribution in [3.8, 4) is 0 Å². The van der Waals surface area contributed by atoms with Crippen LogP contribution in [0.4, 0.5) is 0 Å². The summed E-state index contributed by atoms with van der Waals surface area (Å²) >= 11 is 0. The Labute approximate surface area is 275 Å². The molecule has 0 rings (SSSR count). The van der Waals surface area contributed by atoms with Crippen LogP contribution in [-0.4, -0.2) is 12.6 Å². The highest BCUT2D eigenvalue weighted by Gasteiger charge is 2.07. The Kier molecular flexibility index (Phi) is 30.8. The fourth-order valence-electron chi connectivity index (χ4n) is 5.39. The summed E-state index contributed by atoms with van der Waals surface area (Å²) in [6.45, 7) is 14.2. The summed E-state index contributed by atoms with van der Waals surface area (Å²) in [6.07, 6.45) is 46.8. The van der Waals surface area contributed by atoms with Gasteiger partial charge in [0.25, 0.3) is 0 Å². The van der Waals surface area contributed by atoms with Gasteiger partial charge in [0.2, 0.25) is 0 Å². The number of hydrogen-bond acceptors (Lipinski definition) is 2. The second kappa shape index (κ2) is 32.3. The van der Waals surface area contributed by atoms with Crippen molar-refractivity contribution in [1.29, 1.82) is 0 Å². The maximum absolute atomic E-state index is 11.9. The summed E-state index contributed by atoms with van der Waals surface area (Å²) in [5.74, 6) is 2.20. The van der Waals surface area contributed by atoms with Gasteiger partial charge in [0.15, 0.2) is 0 Å². The average Bonchev–Trinajstić information content (AvgIpc) is 2.98. The molecule has 0 aliphatic heterocycles. The Morgan fingerprint density at radius 3 is 1.68 bits per heavy atom. The molecule has 44 heavy (non-hydrogen) atoms. The molecule has 0 unspecified atom stereocenters. The van der Waals surface area contributed by atoms with E-state index < -0.39 is 0 Å². The van der Waals surface area contributed by atoms with Gasteiger partial charge in [0.1, 0.15) is 6.61 Å². The third-order valence-electron chi connectivity index (χ3n) is 8.42. The number of esters is 1. The number of rotatable bonds is 29. The molecule has 0 aromatic carbocycles. The molecule has 0 aliphatic carbocycles. The van der Waals surface area contributed by atoms with Gasteiger partial charge in [-0.05, 0) is 56.4 Å². The third kappa shape index (κ3) is 32.8. The summed E-state index contributed by atoms with van der Waals surface area (Å²) < 4.78 is 5.32. The molecule has 0 N–H and O–H groups in total. The summed E-state index contributed by atoms with van der Waals surface area (Å²) in [5.41, 5.74) is 1.31. The van der Waals surface area contributed by atoms with E-state index in [0.717, 1.165) is 30.6 Å². The van der Waals surface area contributed by atoms with Crippen molar-refractivity contribution >= 4 is 5.97 Å². The van der Waals surface area contributed by atoms with Crippen molar-refractivity contribution < 1.29 is 9.53 Å². The normalized spacial score (nSPS) is 14.4. The van der Waals surface area contributed by atoms with Crippen molar-refractivity contribution in [1.82, 2.24) is 0 Å². The Bertz CT molecular complexity index is 823. The Morgan fingerprint density at radius 2 is 1.09 bits per heavy atom. The maximum Gasteiger partial charge on any atom is 0.331 e. The minimum Gasteiger partial charge on any atom is -0.458 e. The molecule has 2 heteroatoms. The van der Waals surface area contributed by atoms with Crippen molar-refractivity contribution in [2.75, 3.05) is 6.61 Å². The molecular weight excluding hydrogens is 536 g/mol. The predicted molar refractivity (Wildman–Crippen MR) is 197 cm³/mol. The SMILES string of the molecule is CCCCCCCCCCCC=CC=CC=CC=CC=CC(=O)OC/C=C(\C)CCC[C@H](C)CCC[C@H](C)CCCC(C)C. The molecule has 0 bridgehead atoms. The molecule has 0 heterocycles. The molecule has 0 aromatic rings. The molecule has 0 aliphatic rings. The first-order chi connectivity index (χ1) is 21.3. The van der Waals surface area contributed by atoms with Crippen LogP contribution in [0.2, 0.25) is 0 Å². The number of carbonyl (C=O) groups excluding carboxylic acids is 1. The number of ether oxygens (including phenoxy) is 1. The first-order valence-electron chi connectivity index (χ1n) is 18.5.